The standard InChI is InChI=1S/C15H20ClN3O5S/c1-18(2)25(23,24)13-8-10(5-6-11(13)16)17-14(20)9-19-7-3-4-12(19)15(21)22/h5-6,8,12H,3-4,7,9H2,1-2H3,(H,17,20)(H,21,22)/t12-/m0/s1. The van der Waals surface area contributed by atoms with Crippen LogP contribution in [0, 0.1) is 0 Å². The lowest BCUT2D eigenvalue weighted by Gasteiger charge is -2.20. The molecule has 1 aromatic carbocycles. The van der Waals surface area contributed by atoms with Crippen LogP contribution in [0.2, 0.25) is 5.02 Å². The zero-order valence-electron chi connectivity index (χ0n) is 13.9. The maximum atomic E-state index is 12.2. The van der Waals surface area contributed by atoms with Crippen molar-refractivity contribution in [3.8, 4) is 0 Å². The molecule has 10 heteroatoms. The maximum absolute atomic E-state index is 12.2. The Hall–Kier alpha value is -1.68. The average Bonchev–Trinajstić information content (AvgIpc) is 2.97. The minimum absolute atomic E-state index is 0.0529. The Morgan fingerprint density at radius 3 is 2.68 bits per heavy atom. The maximum Gasteiger partial charge on any atom is 0.320 e. The van der Waals surface area contributed by atoms with Gasteiger partial charge in [0.2, 0.25) is 15.9 Å². The number of carboxylic acid groups (broad SMARTS) is 1. The summed E-state index contributed by atoms with van der Waals surface area (Å²) in [5.41, 5.74) is 0.279. The van der Waals surface area contributed by atoms with Crippen LogP contribution >= 0.6 is 11.6 Å². The summed E-state index contributed by atoms with van der Waals surface area (Å²) >= 11 is 5.96. The number of benzene rings is 1. The fourth-order valence-electron chi connectivity index (χ4n) is 2.66. The molecule has 0 aliphatic carbocycles. The normalized spacial score (nSPS) is 18.5. The summed E-state index contributed by atoms with van der Waals surface area (Å²) in [6.45, 7) is 0.459. The third-order valence-electron chi connectivity index (χ3n) is 3.97. The van der Waals surface area contributed by atoms with E-state index in [2.05, 4.69) is 5.32 Å². The van der Waals surface area contributed by atoms with Crippen molar-refractivity contribution in [3.63, 3.8) is 0 Å². The van der Waals surface area contributed by atoms with Crippen LogP contribution in [0.3, 0.4) is 0 Å². The average molecular weight is 390 g/mol. The molecule has 1 amide bonds. The van der Waals surface area contributed by atoms with Crippen molar-refractivity contribution in [1.82, 2.24) is 9.21 Å². The quantitative estimate of drug-likeness (QED) is 0.753. The molecule has 0 saturated carbocycles. The van der Waals surface area contributed by atoms with Gasteiger partial charge in [-0.1, -0.05) is 11.6 Å². The number of hydrogen-bond donors (Lipinski definition) is 2. The van der Waals surface area contributed by atoms with Crippen molar-refractivity contribution in [1.29, 1.82) is 0 Å². The molecule has 2 rings (SSSR count). The molecule has 1 fully saturated rings. The van der Waals surface area contributed by atoms with Gasteiger partial charge in [0.1, 0.15) is 10.9 Å². The molecule has 25 heavy (non-hydrogen) atoms. The number of rotatable bonds is 6. The third-order valence-corrected chi connectivity index (χ3v) is 6.27. The first-order chi connectivity index (χ1) is 11.6. The van der Waals surface area contributed by atoms with Gasteiger partial charge < -0.3 is 10.4 Å². The lowest BCUT2D eigenvalue weighted by atomic mass is 10.2. The van der Waals surface area contributed by atoms with Crippen LogP contribution < -0.4 is 5.32 Å². The Bertz CT molecular complexity index is 781. The van der Waals surface area contributed by atoms with Crippen LogP contribution in [-0.2, 0) is 19.6 Å². The van der Waals surface area contributed by atoms with Crippen LogP contribution in [0.4, 0.5) is 5.69 Å². The minimum atomic E-state index is -3.75. The minimum Gasteiger partial charge on any atom is -0.480 e. The SMILES string of the molecule is CN(C)S(=O)(=O)c1cc(NC(=O)CN2CCC[C@H]2C(=O)O)ccc1Cl. The molecule has 1 heterocycles. The van der Waals surface area contributed by atoms with E-state index in [1.807, 2.05) is 0 Å². The largest absolute Gasteiger partial charge is 0.480 e. The van der Waals surface area contributed by atoms with Crippen LogP contribution in [0.25, 0.3) is 0 Å². The molecule has 0 aromatic heterocycles. The van der Waals surface area contributed by atoms with Crippen LogP contribution in [0.5, 0.6) is 0 Å². The van der Waals surface area contributed by atoms with E-state index in [0.717, 1.165) is 10.7 Å². The molecular formula is C15H20ClN3O5S. The van der Waals surface area contributed by atoms with Gasteiger partial charge in [-0.05, 0) is 37.6 Å². The van der Waals surface area contributed by atoms with Crippen LogP contribution in [0.15, 0.2) is 23.1 Å². The first-order valence-electron chi connectivity index (χ1n) is 7.61. The van der Waals surface area contributed by atoms with Gasteiger partial charge in [-0.3, -0.25) is 14.5 Å². The number of sulfonamides is 1. The van der Waals surface area contributed by atoms with Crippen molar-refractivity contribution in [2.75, 3.05) is 32.5 Å². The first-order valence-corrected chi connectivity index (χ1v) is 9.43. The van der Waals surface area contributed by atoms with E-state index in [-0.39, 0.29) is 22.2 Å². The summed E-state index contributed by atoms with van der Waals surface area (Å²) in [5, 5.41) is 11.8. The number of likely N-dealkylation sites (tertiary alicyclic amines) is 1. The molecule has 138 valence electrons. The number of amides is 1. The number of halogens is 1. The summed E-state index contributed by atoms with van der Waals surface area (Å²) in [4.78, 5) is 24.8. The third kappa shape index (κ3) is 4.49. The predicted octanol–water partition coefficient (Wildman–Crippen LogP) is 1.08. The van der Waals surface area contributed by atoms with Gasteiger partial charge >= 0.3 is 5.97 Å². The molecule has 8 nitrogen and oxygen atoms in total. The predicted molar refractivity (Wildman–Crippen MR) is 93.2 cm³/mol. The molecule has 0 spiro atoms. The Labute approximate surface area is 151 Å². The van der Waals surface area contributed by atoms with Gasteiger partial charge in [0.05, 0.1) is 11.6 Å². The number of aliphatic carboxylic acids is 1. The molecule has 1 aliphatic rings. The van der Waals surface area contributed by atoms with E-state index < -0.39 is 27.9 Å². The van der Waals surface area contributed by atoms with Gasteiger partial charge in [0.15, 0.2) is 0 Å². The Balaban J connectivity index is 2.13. The molecular weight excluding hydrogens is 370 g/mol. The lowest BCUT2D eigenvalue weighted by Crippen LogP contribution is -2.40. The smallest absolute Gasteiger partial charge is 0.320 e. The van der Waals surface area contributed by atoms with Crippen molar-refractivity contribution in [2.24, 2.45) is 0 Å². The van der Waals surface area contributed by atoms with E-state index in [1.54, 1.807) is 4.90 Å². The Morgan fingerprint density at radius 1 is 1.40 bits per heavy atom. The fraction of sp³-hybridized carbons (Fsp3) is 0.467. The summed E-state index contributed by atoms with van der Waals surface area (Å²) in [5.74, 6) is -1.36. The van der Waals surface area contributed by atoms with E-state index in [4.69, 9.17) is 16.7 Å². The van der Waals surface area contributed by atoms with Gasteiger partial charge in [-0.2, -0.15) is 0 Å². The van der Waals surface area contributed by atoms with Crippen LogP contribution in [-0.4, -0.2) is 67.8 Å². The second kappa shape index (κ2) is 7.69. The zero-order valence-corrected chi connectivity index (χ0v) is 15.5. The number of anilines is 1. The summed E-state index contributed by atoms with van der Waals surface area (Å²) in [6, 6.07) is 3.51. The molecule has 0 radical (unpaired) electrons. The van der Waals surface area contributed by atoms with Gasteiger partial charge in [0, 0.05) is 19.8 Å². The van der Waals surface area contributed by atoms with E-state index >= 15 is 0 Å². The second-order valence-corrected chi connectivity index (χ2v) is 8.48. The lowest BCUT2D eigenvalue weighted by molar-refractivity contribution is -0.142. The van der Waals surface area contributed by atoms with Crippen molar-refractivity contribution < 1.29 is 23.1 Å². The molecule has 0 unspecified atom stereocenters. The molecule has 1 atom stereocenters. The highest BCUT2D eigenvalue weighted by Crippen LogP contribution is 2.27. The van der Waals surface area contributed by atoms with Gasteiger partial charge in [-0.25, -0.2) is 12.7 Å². The van der Waals surface area contributed by atoms with E-state index in [9.17, 15) is 18.0 Å². The van der Waals surface area contributed by atoms with E-state index in [0.29, 0.717) is 13.0 Å². The fourth-order valence-corrected chi connectivity index (χ4v) is 4.05. The van der Waals surface area contributed by atoms with Crippen molar-refractivity contribution in [3.05, 3.63) is 23.2 Å². The summed E-state index contributed by atoms with van der Waals surface area (Å²) < 4.78 is 25.5. The Morgan fingerprint density at radius 2 is 2.08 bits per heavy atom. The van der Waals surface area contributed by atoms with Gasteiger partial charge in [0.25, 0.3) is 0 Å². The number of nitrogens with one attached hydrogen (secondary N) is 1. The first kappa shape index (κ1) is 19.6. The summed E-state index contributed by atoms with van der Waals surface area (Å²) in [6.07, 6.45) is 1.23. The highest BCUT2D eigenvalue weighted by molar-refractivity contribution is 7.89. The molecule has 1 aliphatic heterocycles. The van der Waals surface area contributed by atoms with E-state index in [1.165, 1.54) is 32.3 Å². The molecule has 2 N–H and O–H groups in total. The second-order valence-electron chi connectivity index (χ2n) is 5.95. The number of nitrogens with zero attached hydrogens (tertiary/aromatic N) is 2. The zero-order chi connectivity index (χ0) is 18.8. The van der Waals surface area contributed by atoms with Gasteiger partial charge in [-0.15, -0.1) is 0 Å². The number of carbonyl (C=O) groups is 2. The number of carboxylic acids is 1. The monoisotopic (exact) mass is 389 g/mol. The molecule has 0 bridgehead atoms. The highest BCUT2D eigenvalue weighted by atomic mass is 35.5. The molecule has 1 saturated heterocycles. The number of carbonyl (C=O) groups excluding carboxylic acids is 1. The topological polar surface area (TPSA) is 107 Å². The number of hydrogen-bond acceptors (Lipinski definition) is 5. The van der Waals surface area contributed by atoms with Crippen molar-refractivity contribution in [2.45, 2.75) is 23.8 Å². The van der Waals surface area contributed by atoms with Crippen molar-refractivity contribution >= 4 is 39.2 Å². The summed E-state index contributed by atoms with van der Waals surface area (Å²) in [7, 11) is -0.976. The molecule has 1 aromatic rings. The Kier molecular flexibility index (Phi) is 6.04. The van der Waals surface area contributed by atoms with Crippen LogP contribution in [0.1, 0.15) is 12.8 Å². The highest BCUT2D eigenvalue weighted by Gasteiger charge is 2.31.